The van der Waals surface area contributed by atoms with Crippen molar-refractivity contribution in [1.82, 2.24) is 9.55 Å². The molecule has 136 valence electrons. The van der Waals surface area contributed by atoms with Crippen molar-refractivity contribution in [3.8, 4) is 0 Å². The molecule has 0 bridgehead atoms. The fraction of sp³-hybridized carbons (Fsp3) is 0.400. The molecule has 0 spiro atoms. The summed E-state index contributed by atoms with van der Waals surface area (Å²) in [7, 11) is 0. The van der Waals surface area contributed by atoms with Crippen LogP contribution in [-0.2, 0) is 24.3 Å². The van der Waals surface area contributed by atoms with Gasteiger partial charge < -0.3 is 4.74 Å². The Morgan fingerprint density at radius 2 is 2.12 bits per heavy atom. The van der Waals surface area contributed by atoms with E-state index in [4.69, 9.17) is 9.72 Å². The number of hydrogen-bond acceptors (Lipinski definition) is 5. The highest BCUT2D eigenvalue weighted by molar-refractivity contribution is 7.98. The molecule has 6 heteroatoms. The Hall–Kier alpha value is -1.63. The molecule has 4 rings (SSSR count). The van der Waals surface area contributed by atoms with E-state index in [9.17, 15) is 4.79 Å². The zero-order valence-corrected chi connectivity index (χ0v) is 16.8. The minimum Gasteiger partial charge on any atom is -0.372 e. The summed E-state index contributed by atoms with van der Waals surface area (Å²) in [6.45, 7) is 5.48. The largest absolute Gasteiger partial charge is 0.372 e. The van der Waals surface area contributed by atoms with Gasteiger partial charge in [0.2, 0.25) is 0 Å². The molecule has 2 aromatic heterocycles. The zero-order chi connectivity index (χ0) is 18.3. The third kappa shape index (κ3) is 3.10. The Kier molecular flexibility index (Phi) is 4.90. The highest BCUT2D eigenvalue weighted by Gasteiger charge is 2.28. The summed E-state index contributed by atoms with van der Waals surface area (Å²) in [5, 5.41) is 1.57. The van der Waals surface area contributed by atoms with Crippen LogP contribution in [0.15, 0.2) is 40.3 Å². The predicted molar refractivity (Wildman–Crippen MR) is 108 cm³/mol. The lowest BCUT2D eigenvalue weighted by Gasteiger charge is -2.26. The second-order valence-corrected chi connectivity index (χ2v) is 8.81. The number of benzene rings is 1. The van der Waals surface area contributed by atoms with Crippen LogP contribution in [0.2, 0.25) is 0 Å². The summed E-state index contributed by atoms with van der Waals surface area (Å²) >= 11 is 3.13. The molecule has 0 N–H and O–H groups in total. The van der Waals surface area contributed by atoms with Crippen LogP contribution in [0.25, 0.3) is 10.2 Å². The van der Waals surface area contributed by atoms with Gasteiger partial charge in [0.15, 0.2) is 5.16 Å². The minimum atomic E-state index is 0.0742. The SMILES string of the molecule is CSc1nc2sc3c(c2c(=O)n1Cc1ccccc1)C[C@H](C(C)C)OC3. The lowest BCUT2D eigenvalue weighted by atomic mass is 9.96. The van der Waals surface area contributed by atoms with Gasteiger partial charge in [-0.05, 0) is 23.3 Å². The lowest BCUT2D eigenvalue weighted by Crippen LogP contribution is -2.28. The number of aromatic nitrogens is 2. The van der Waals surface area contributed by atoms with E-state index in [0.29, 0.717) is 19.1 Å². The van der Waals surface area contributed by atoms with Gasteiger partial charge in [-0.3, -0.25) is 9.36 Å². The van der Waals surface area contributed by atoms with E-state index in [-0.39, 0.29) is 11.7 Å². The van der Waals surface area contributed by atoms with Crippen molar-refractivity contribution >= 4 is 33.3 Å². The third-order valence-electron chi connectivity index (χ3n) is 4.90. The smallest absolute Gasteiger partial charge is 0.263 e. The van der Waals surface area contributed by atoms with Gasteiger partial charge in [0.05, 0.1) is 24.6 Å². The summed E-state index contributed by atoms with van der Waals surface area (Å²) in [6, 6.07) is 10.1. The maximum Gasteiger partial charge on any atom is 0.263 e. The van der Waals surface area contributed by atoms with Crippen LogP contribution in [0.1, 0.15) is 29.9 Å². The van der Waals surface area contributed by atoms with Gasteiger partial charge in [-0.15, -0.1) is 11.3 Å². The molecule has 3 heterocycles. The number of thiophene rings is 1. The molecule has 0 fully saturated rings. The van der Waals surface area contributed by atoms with Crippen molar-refractivity contribution in [3.63, 3.8) is 0 Å². The van der Waals surface area contributed by atoms with E-state index < -0.39 is 0 Å². The number of thioether (sulfide) groups is 1. The molecule has 0 unspecified atom stereocenters. The molecule has 26 heavy (non-hydrogen) atoms. The highest BCUT2D eigenvalue weighted by Crippen LogP contribution is 2.35. The molecular formula is C20H22N2O2S2. The Morgan fingerprint density at radius 1 is 1.35 bits per heavy atom. The van der Waals surface area contributed by atoms with Gasteiger partial charge in [0, 0.05) is 11.3 Å². The van der Waals surface area contributed by atoms with Crippen molar-refractivity contribution < 1.29 is 4.74 Å². The molecule has 0 aliphatic carbocycles. The van der Waals surface area contributed by atoms with Gasteiger partial charge in [-0.25, -0.2) is 4.98 Å². The topological polar surface area (TPSA) is 44.1 Å². The van der Waals surface area contributed by atoms with E-state index in [0.717, 1.165) is 37.8 Å². The fourth-order valence-electron chi connectivity index (χ4n) is 3.43. The fourth-order valence-corrected chi connectivity index (χ4v) is 5.15. The summed E-state index contributed by atoms with van der Waals surface area (Å²) in [5.41, 5.74) is 2.34. The van der Waals surface area contributed by atoms with E-state index in [1.807, 2.05) is 41.2 Å². The average molecular weight is 387 g/mol. The van der Waals surface area contributed by atoms with Crippen molar-refractivity contribution in [2.24, 2.45) is 5.92 Å². The van der Waals surface area contributed by atoms with Gasteiger partial charge in [0.25, 0.3) is 5.56 Å². The first-order valence-electron chi connectivity index (χ1n) is 8.83. The van der Waals surface area contributed by atoms with Gasteiger partial charge in [-0.2, -0.15) is 0 Å². The van der Waals surface area contributed by atoms with Crippen molar-refractivity contribution in [3.05, 3.63) is 56.7 Å². The van der Waals surface area contributed by atoms with Crippen molar-refractivity contribution in [2.45, 2.75) is 44.7 Å². The molecular weight excluding hydrogens is 364 g/mol. The molecule has 1 aliphatic heterocycles. The van der Waals surface area contributed by atoms with E-state index >= 15 is 0 Å². The molecule has 1 aromatic carbocycles. The molecule has 1 atom stereocenters. The molecule has 1 aliphatic rings. The van der Waals surface area contributed by atoms with Gasteiger partial charge >= 0.3 is 0 Å². The molecule has 0 amide bonds. The number of hydrogen-bond donors (Lipinski definition) is 0. The first-order valence-corrected chi connectivity index (χ1v) is 10.9. The highest BCUT2D eigenvalue weighted by atomic mass is 32.2. The van der Waals surface area contributed by atoms with Crippen LogP contribution in [-0.4, -0.2) is 21.9 Å². The van der Waals surface area contributed by atoms with Gasteiger partial charge in [-0.1, -0.05) is 55.9 Å². The van der Waals surface area contributed by atoms with E-state index in [1.54, 1.807) is 11.3 Å². The monoisotopic (exact) mass is 386 g/mol. The quantitative estimate of drug-likeness (QED) is 0.495. The summed E-state index contributed by atoms with van der Waals surface area (Å²) in [4.78, 5) is 20.2. The Labute approximate surface area is 161 Å². The minimum absolute atomic E-state index is 0.0742. The number of rotatable bonds is 4. The van der Waals surface area contributed by atoms with E-state index in [1.165, 1.54) is 11.8 Å². The maximum atomic E-state index is 13.4. The summed E-state index contributed by atoms with van der Waals surface area (Å²) in [5.74, 6) is 0.433. The average Bonchev–Trinajstić information content (AvgIpc) is 3.02. The van der Waals surface area contributed by atoms with Crippen molar-refractivity contribution in [2.75, 3.05) is 6.26 Å². The maximum absolute atomic E-state index is 13.4. The summed E-state index contributed by atoms with van der Waals surface area (Å²) < 4.78 is 7.80. The number of ether oxygens (including phenoxy) is 1. The standard InChI is InChI=1S/C20H22N2O2S2/c1-12(2)15-9-14-16(11-24-15)26-18-17(14)19(23)22(20(21-18)25-3)10-13-7-5-4-6-8-13/h4-8,12,15H,9-11H2,1-3H3/t15-/m1/s1. The van der Waals surface area contributed by atoms with Crippen LogP contribution in [0, 0.1) is 5.92 Å². The Balaban J connectivity index is 1.86. The molecule has 0 radical (unpaired) electrons. The van der Waals surface area contributed by atoms with Crippen LogP contribution in [0.4, 0.5) is 0 Å². The number of nitrogens with zero attached hydrogens (tertiary/aromatic N) is 2. The second-order valence-electron chi connectivity index (χ2n) is 6.96. The normalized spacial score (nSPS) is 17.0. The predicted octanol–water partition coefficient (Wildman–Crippen LogP) is 4.33. The molecule has 4 nitrogen and oxygen atoms in total. The molecule has 3 aromatic rings. The van der Waals surface area contributed by atoms with Crippen LogP contribution in [0.3, 0.4) is 0 Å². The van der Waals surface area contributed by atoms with Crippen molar-refractivity contribution in [1.29, 1.82) is 0 Å². The molecule has 0 saturated heterocycles. The second kappa shape index (κ2) is 7.18. The Morgan fingerprint density at radius 3 is 2.81 bits per heavy atom. The lowest BCUT2D eigenvalue weighted by molar-refractivity contribution is 0.00200. The Bertz CT molecular complexity index is 992. The first kappa shape index (κ1) is 17.8. The number of fused-ring (bicyclic) bond motifs is 3. The molecule has 0 saturated carbocycles. The summed E-state index contributed by atoms with van der Waals surface area (Å²) in [6.07, 6.45) is 2.94. The van der Waals surface area contributed by atoms with Crippen LogP contribution in [0.5, 0.6) is 0 Å². The zero-order valence-electron chi connectivity index (χ0n) is 15.2. The van der Waals surface area contributed by atoms with Crippen LogP contribution < -0.4 is 5.56 Å². The van der Waals surface area contributed by atoms with E-state index in [2.05, 4.69) is 13.8 Å². The third-order valence-corrected chi connectivity index (χ3v) is 6.68. The van der Waals surface area contributed by atoms with Gasteiger partial charge in [0.1, 0.15) is 4.83 Å². The van der Waals surface area contributed by atoms with Crippen LogP contribution >= 0.6 is 23.1 Å². The first-order chi connectivity index (χ1) is 12.6.